The molecule has 1 aliphatic carbocycles. The number of benzene rings is 1. The van der Waals surface area contributed by atoms with E-state index < -0.39 is 11.5 Å². The van der Waals surface area contributed by atoms with Gasteiger partial charge in [-0.1, -0.05) is 23.7 Å². The van der Waals surface area contributed by atoms with Crippen molar-refractivity contribution in [2.24, 2.45) is 4.99 Å². The van der Waals surface area contributed by atoms with Gasteiger partial charge in [-0.25, -0.2) is 13.6 Å². The Kier molecular flexibility index (Phi) is 2.80. The Morgan fingerprint density at radius 2 is 2.12 bits per heavy atom. The lowest BCUT2D eigenvalue weighted by molar-refractivity contribution is 0.0174. The van der Waals surface area contributed by atoms with E-state index in [4.69, 9.17) is 11.6 Å². The van der Waals surface area contributed by atoms with E-state index in [1.807, 2.05) is 0 Å². The number of alkyl halides is 2. The predicted molar refractivity (Wildman–Crippen MR) is 60.1 cm³/mol. The fourth-order valence-corrected chi connectivity index (χ4v) is 2.17. The third-order valence-corrected chi connectivity index (χ3v) is 3.27. The van der Waals surface area contributed by atoms with Gasteiger partial charge in [0.1, 0.15) is 0 Å². The van der Waals surface area contributed by atoms with E-state index in [1.165, 1.54) is 24.3 Å². The summed E-state index contributed by atoms with van der Waals surface area (Å²) in [6.07, 6.45) is 2.91. The predicted octanol–water partition coefficient (Wildman–Crippen LogP) is 3.78. The van der Waals surface area contributed by atoms with Gasteiger partial charge in [0.15, 0.2) is 0 Å². The zero-order valence-corrected chi connectivity index (χ0v) is 9.89. The van der Waals surface area contributed by atoms with Crippen LogP contribution in [0.4, 0.5) is 8.78 Å². The van der Waals surface area contributed by atoms with E-state index in [0.717, 1.165) is 6.92 Å². The van der Waals surface area contributed by atoms with Crippen LogP contribution in [-0.4, -0.2) is 6.08 Å². The molecule has 0 N–H and O–H groups in total. The van der Waals surface area contributed by atoms with Gasteiger partial charge >= 0.3 is 0 Å². The molecule has 0 atom stereocenters. The summed E-state index contributed by atoms with van der Waals surface area (Å²) in [5.41, 5.74) is -0.145. The van der Waals surface area contributed by atoms with Crippen molar-refractivity contribution in [3.05, 3.63) is 34.3 Å². The average molecular weight is 258 g/mol. The molecule has 1 aromatic rings. The maximum atomic E-state index is 13.1. The van der Waals surface area contributed by atoms with Crippen LogP contribution in [0.5, 0.6) is 0 Å². The molecule has 1 aliphatic rings. The molecule has 0 amide bonds. The van der Waals surface area contributed by atoms with Crippen LogP contribution in [-0.2, 0) is 16.3 Å². The molecule has 1 aromatic carbocycles. The van der Waals surface area contributed by atoms with Gasteiger partial charge in [0.2, 0.25) is 6.08 Å². The number of halogens is 3. The molecule has 0 bridgehead atoms. The summed E-state index contributed by atoms with van der Waals surface area (Å²) in [7, 11) is 0. The molecule has 0 spiro atoms. The van der Waals surface area contributed by atoms with Crippen molar-refractivity contribution < 1.29 is 13.6 Å². The van der Waals surface area contributed by atoms with Gasteiger partial charge in [-0.05, 0) is 24.5 Å². The summed E-state index contributed by atoms with van der Waals surface area (Å²) in [4.78, 5) is 14.0. The maximum Gasteiger partial charge on any atom is 0.270 e. The summed E-state index contributed by atoms with van der Waals surface area (Å²) in [5.74, 6) is -2.92. The normalized spacial score (nSPS) is 17.4. The van der Waals surface area contributed by atoms with E-state index in [-0.39, 0.29) is 10.6 Å². The van der Waals surface area contributed by atoms with E-state index in [2.05, 4.69) is 4.99 Å². The Bertz CT molecular complexity index is 500. The molecular formula is C12H10ClF2NO. The molecular weight excluding hydrogens is 248 g/mol. The number of rotatable bonds is 3. The monoisotopic (exact) mass is 257 g/mol. The Morgan fingerprint density at radius 1 is 1.47 bits per heavy atom. The molecule has 1 saturated carbocycles. The van der Waals surface area contributed by atoms with E-state index in [1.54, 1.807) is 0 Å². The number of hydrogen-bond donors (Lipinski definition) is 0. The van der Waals surface area contributed by atoms with Crippen LogP contribution < -0.4 is 0 Å². The molecule has 1 fully saturated rings. The van der Waals surface area contributed by atoms with Crippen molar-refractivity contribution >= 4 is 17.7 Å². The second-order valence-electron chi connectivity index (χ2n) is 4.32. The number of hydrogen-bond acceptors (Lipinski definition) is 2. The molecule has 0 aliphatic heterocycles. The Morgan fingerprint density at radius 3 is 2.53 bits per heavy atom. The third-order valence-electron chi connectivity index (χ3n) is 2.96. The number of nitrogens with zero attached hydrogens (tertiary/aromatic N) is 1. The standard InChI is InChI=1S/C12H10ClF2NO/c1-11(14,15)8-2-3-9(10(13)6-8)12(4-5-12)16-7-17/h2-3,6H,4-5H2,1H3. The molecule has 17 heavy (non-hydrogen) atoms. The fourth-order valence-electron chi connectivity index (χ4n) is 1.81. The number of isocyanates is 1. The summed E-state index contributed by atoms with van der Waals surface area (Å²) in [5, 5.41) is 0.223. The molecule has 0 saturated heterocycles. The van der Waals surface area contributed by atoms with Gasteiger partial charge in [0.25, 0.3) is 5.92 Å². The lowest BCUT2D eigenvalue weighted by Gasteiger charge is -2.15. The SMILES string of the molecule is CC(F)(F)c1ccc(C2(N=C=O)CC2)c(Cl)c1. The first-order chi connectivity index (χ1) is 7.89. The minimum atomic E-state index is -2.92. The Labute approximate surface area is 102 Å². The third kappa shape index (κ3) is 2.24. The zero-order valence-electron chi connectivity index (χ0n) is 9.14. The Hall–Kier alpha value is -1.25. The lowest BCUT2D eigenvalue weighted by Crippen LogP contribution is -2.09. The van der Waals surface area contributed by atoms with Crippen molar-refractivity contribution in [3.63, 3.8) is 0 Å². The van der Waals surface area contributed by atoms with Crippen molar-refractivity contribution in [1.29, 1.82) is 0 Å². The lowest BCUT2D eigenvalue weighted by atomic mass is 10.0. The summed E-state index contributed by atoms with van der Waals surface area (Å²) in [6, 6.07) is 4.07. The highest BCUT2D eigenvalue weighted by atomic mass is 35.5. The quantitative estimate of drug-likeness (QED) is 0.599. The molecule has 2 nitrogen and oxygen atoms in total. The smallest absolute Gasteiger partial charge is 0.211 e. The second-order valence-corrected chi connectivity index (χ2v) is 4.72. The van der Waals surface area contributed by atoms with Crippen LogP contribution in [0.3, 0.4) is 0 Å². The van der Waals surface area contributed by atoms with Crippen LogP contribution in [0, 0.1) is 0 Å². The van der Waals surface area contributed by atoms with E-state index in [0.29, 0.717) is 18.4 Å². The van der Waals surface area contributed by atoms with Gasteiger partial charge < -0.3 is 0 Å². The minimum absolute atomic E-state index is 0.142. The van der Waals surface area contributed by atoms with Crippen molar-refractivity contribution in [2.45, 2.75) is 31.2 Å². The van der Waals surface area contributed by atoms with Gasteiger partial charge in [0.05, 0.1) is 5.54 Å². The minimum Gasteiger partial charge on any atom is -0.211 e. The summed E-state index contributed by atoms with van der Waals surface area (Å²) >= 11 is 5.97. The van der Waals surface area contributed by atoms with Gasteiger partial charge in [0, 0.05) is 17.5 Å². The average Bonchev–Trinajstić information content (AvgIpc) is 2.97. The number of aliphatic imine (C=N–C) groups is 1. The topological polar surface area (TPSA) is 29.4 Å². The highest BCUT2D eigenvalue weighted by Crippen LogP contribution is 2.51. The van der Waals surface area contributed by atoms with Crippen LogP contribution in [0.2, 0.25) is 5.02 Å². The molecule has 90 valence electrons. The molecule has 5 heteroatoms. The first-order valence-electron chi connectivity index (χ1n) is 5.16. The van der Waals surface area contributed by atoms with Crippen LogP contribution in [0.25, 0.3) is 0 Å². The van der Waals surface area contributed by atoms with Gasteiger partial charge in [-0.3, -0.25) is 0 Å². The fraction of sp³-hybridized carbons (Fsp3) is 0.417. The second kappa shape index (κ2) is 3.90. The Balaban J connectivity index is 2.43. The van der Waals surface area contributed by atoms with Crippen LogP contribution in [0.1, 0.15) is 30.9 Å². The first-order valence-corrected chi connectivity index (χ1v) is 5.54. The van der Waals surface area contributed by atoms with Crippen LogP contribution in [0.15, 0.2) is 23.2 Å². The van der Waals surface area contributed by atoms with E-state index in [9.17, 15) is 13.6 Å². The first kappa shape index (κ1) is 12.2. The summed E-state index contributed by atoms with van der Waals surface area (Å²) < 4.78 is 26.2. The van der Waals surface area contributed by atoms with E-state index >= 15 is 0 Å². The molecule has 0 radical (unpaired) electrons. The molecule has 0 unspecified atom stereocenters. The molecule has 0 aromatic heterocycles. The highest BCUT2D eigenvalue weighted by Gasteiger charge is 2.46. The molecule has 0 heterocycles. The molecule has 2 rings (SSSR count). The van der Waals surface area contributed by atoms with Gasteiger partial charge in [-0.2, -0.15) is 4.99 Å². The number of carbonyl (C=O) groups excluding carboxylic acids is 1. The summed E-state index contributed by atoms with van der Waals surface area (Å²) in [6.45, 7) is 0.814. The largest absolute Gasteiger partial charge is 0.270 e. The van der Waals surface area contributed by atoms with Crippen molar-refractivity contribution in [2.75, 3.05) is 0 Å². The highest BCUT2D eigenvalue weighted by molar-refractivity contribution is 6.31. The van der Waals surface area contributed by atoms with Gasteiger partial charge in [-0.15, -0.1) is 0 Å². The van der Waals surface area contributed by atoms with Crippen molar-refractivity contribution in [1.82, 2.24) is 0 Å². The zero-order chi connectivity index (χ0) is 12.7. The van der Waals surface area contributed by atoms with Crippen LogP contribution >= 0.6 is 11.6 Å². The maximum absolute atomic E-state index is 13.1. The van der Waals surface area contributed by atoms with Crippen molar-refractivity contribution in [3.8, 4) is 0 Å².